The second kappa shape index (κ2) is 12.2. The number of piperazine rings is 1. The summed E-state index contributed by atoms with van der Waals surface area (Å²) >= 11 is 12.6. The summed E-state index contributed by atoms with van der Waals surface area (Å²) in [5.74, 6) is 0.0609. The molecule has 2 N–H and O–H groups in total. The number of imidazole rings is 1. The van der Waals surface area contributed by atoms with E-state index in [2.05, 4.69) is 31.7 Å². The minimum absolute atomic E-state index is 0.0315. The lowest BCUT2D eigenvalue weighted by Crippen LogP contribution is -2.58. The molecule has 0 aliphatic carbocycles. The fourth-order valence-electron chi connectivity index (χ4n) is 5.67. The van der Waals surface area contributed by atoms with Crippen LogP contribution in [0.1, 0.15) is 48.5 Å². The van der Waals surface area contributed by atoms with Crippen molar-refractivity contribution < 1.29 is 23.1 Å². The summed E-state index contributed by atoms with van der Waals surface area (Å²) in [6, 6.07) is 9.30. The maximum Gasteiger partial charge on any atom is 0.421 e. The summed E-state index contributed by atoms with van der Waals surface area (Å²) in [6.45, 7) is 5.84. The number of carbonyl (C=O) groups excluding carboxylic acids is 1. The Balaban J connectivity index is 1.20. The molecule has 5 rings (SSSR count). The second-order valence-corrected chi connectivity index (χ2v) is 11.3. The Morgan fingerprint density at radius 1 is 1.10 bits per heavy atom. The van der Waals surface area contributed by atoms with Crippen LogP contribution in [-0.4, -0.2) is 86.7 Å². The van der Waals surface area contributed by atoms with E-state index in [0.717, 1.165) is 38.9 Å². The minimum Gasteiger partial charge on any atom is -0.377 e. The van der Waals surface area contributed by atoms with Gasteiger partial charge in [-0.05, 0) is 49.6 Å². The number of nitrogens with one attached hydrogen (secondary N) is 1. The molecule has 0 saturated carbocycles. The fraction of sp³-hybridized carbons (Fsp3) is 0.464. The van der Waals surface area contributed by atoms with Gasteiger partial charge in [-0.2, -0.15) is 13.2 Å². The highest BCUT2D eigenvalue weighted by atomic mass is 35.5. The smallest absolute Gasteiger partial charge is 0.377 e. The van der Waals surface area contributed by atoms with Crippen LogP contribution >= 0.6 is 23.2 Å². The van der Waals surface area contributed by atoms with Gasteiger partial charge >= 0.3 is 6.18 Å². The van der Waals surface area contributed by atoms with E-state index in [4.69, 9.17) is 23.2 Å². The molecule has 13 heteroatoms. The summed E-state index contributed by atoms with van der Waals surface area (Å²) < 4.78 is 38.5. The standard InChI is InChI=1S/C28H31Cl2F3N6O2/c1-2-20-16-38(26-22(30)13-18(14-35-26)23-15-34-25(36-23)24(40)28(31,32)33)11-12-39(20)21-7-9-37(10-8-21)27(41)17-3-5-19(29)6-4-17/h3-6,13-15,20-21,24,40H,2,7-12,16H2,1H3,(H,34,36)/t20-,24?/m0/s1. The number of hydrogen-bond acceptors (Lipinski definition) is 6. The number of aromatic nitrogens is 3. The molecule has 2 aliphatic rings. The van der Waals surface area contributed by atoms with Gasteiger partial charge in [0.1, 0.15) is 11.6 Å². The largest absolute Gasteiger partial charge is 0.421 e. The van der Waals surface area contributed by atoms with E-state index in [1.54, 1.807) is 36.5 Å². The maximum absolute atomic E-state index is 12.9. The van der Waals surface area contributed by atoms with Crippen molar-refractivity contribution in [3.63, 3.8) is 0 Å². The van der Waals surface area contributed by atoms with E-state index < -0.39 is 18.1 Å². The van der Waals surface area contributed by atoms with Crippen LogP contribution in [0, 0.1) is 0 Å². The number of pyridine rings is 1. The predicted molar refractivity (Wildman–Crippen MR) is 151 cm³/mol. The van der Waals surface area contributed by atoms with E-state index >= 15 is 0 Å². The van der Waals surface area contributed by atoms with Crippen molar-refractivity contribution in [3.05, 3.63) is 64.2 Å². The summed E-state index contributed by atoms with van der Waals surface area (Å²) in [5.41, 5.74) is 1.40. The van der Waals surface area contributed by atoms with Crippen molar-refractivity contribution in [1.29, 1.82) is 0 Å². The summed E-state index contributed by atoms with van der Waals surface area (Å²) in [6.07, 6.45) is -2.01. The highest BCUT2D eigenvalue weighted by molar-refractivity contribution is 6.33. The van der Waals surface area contributed by atoms with Gasteiger partial charge in [-0.25, -0.2) is 9.97 Å². The molecule has 220 valence electrons. The van der Waals surface area contributed by atoms with Gasteiger partial charge < -0.3 is 19.9 Å². The van der Waals surface area contributed by atoms with Crippen molar-refractivity contribution in [3.8, 4) is 11.3 Å². The third-order valence-electron chi connectivity index (χ3n) is 7.91. The van der Waals surface area contributed by atoms with Crippen LogP contribution in [0.4, 0.5) is 19.0 Å². The zero-order chi connectivity index (χ0) is 29.3. The number of aromatic amines is 1. The number of nitrogens with zero attached hydrogens (tertiary/aromatic N) is 5. The lowest BCUT2D eigenvalue weighted by molar-refractivity contribution is -0.209. The van der Waals surface area contributed by atoms with Crippen LogP contribution in [0.2, 0.25) is 10.0 Å². The minimum atomic E-state index is -4.82. The number of piperidine rings is 1. The monoisotopic (exact) mass is 610 g/mol. The number of amides is 1. The number of carbonyl (C=O) groups is 1. The molecule has 2 atom stereocenters. The molecule has 2 aliphatic heterocycles. The van der Waals surface area contributed by atoms with Crippen molar-refractivity contribution >= 4 is 34.9 Å². The van der Waals surface area contributed by atoms with Crippen molar-refractivity contribution in [2.75, 3.05) is 37.6 Å². The molecule has 0 spiro atoms. The second-order valence-electron chi connectivity index (χ2n) is 10.4. The van der Waals surface area contributed by atoms with Gasteiger partial charge in [-0.3, -0.25) is 9.69 Å². The summed E-state index contributed by atoms with van der Waals surface area (Å²) in [4.78, 5) is 30.2. The Kier molecular flexibility index (Phi) is 8.79. The number of hydrogen-bond donors (Lipinski definition) is 2. The molecule has 8 nitrogen and oxygen atoms in total. The van der Waals surface area contributed by atoms with Crippen molar-refractivity contribution in [2.24, 2.45) is 0 Å². The Labute approximate surface area is 246 Å². The van der Waals surface area contributed by atoms with E-state index in [0.29, 0.717) is 46.1 Å². The van der Waals surface area contributed by atoms with E-state index in [9.17, 15) is 23.1 Å². The Hall–Kier alpha value is -2.86. The molecule has 2 aromatic heterocycles. The van der Waals surface area contributed by atoms with Crippen LogP contribution < -0.4 is 4.90 Å². The normalized spacial score (nSPS) is 19.9. The first-order chi connectivity index (χ1) is 19.5. The number of anilines is 1. The van der Waals surface area contributed by atoms with Gasteiger partial charge in [0.2, 0.25) is 6.10 Å². The topological polar surface area (TPSA) is 88.6 Å². The Bertz CT molecular complexity index is 1360. The number of alkyl halides is 3. The summed E-state index contributed by atoms with van der Waals surface area (Å²) in [7, 11) is 0. The van der Waals surface area contributed by atoms with Crippen LogP contribution in [0.15, 0.2) is 42.7 Å². The number of likely N-dealkylation sites (tertiary alicyclic amines) is 1. The fourth-order valence-corrected chi connectivity index (χ4v) is 6.08. The molecule has 2 saturated heterocycles. The molecule has 4 heterocycles. The van der Waals surface area contributed by atoms with Gasteiger partial charge in [-0.1, -0.05) is 30.1 Å². The van der Waals surface area contributed by atoms with Gasteiger partial charge in [0, 0.05) is 67.2 Å². The lowest BCUT2D eigenvalue weighted by Gasteiger charge is -2.47. The molecular weight excluding hydrogens is 580 g/mol. The lowest BCUT2D eigenvalue weighted by atomic mass is 9.97. The molecule has 3 aromatic rings. The zero-order valence-electron chi connectivity index (χ0n) is 22.4. The number of halogens is 5. The first-order valence-electron chi connectivity index (χ1n) is 13.6. The van der Waals surface area contributed by atoms with Gasteiger partial charge in [0.25, 0.3) is 5.91 Å². The molecule has 1 amide bonds. The SMILES string of the molecule is CC[C@H]1CN(c2ncc(-c3cnc(C(O)C(F)(F)F)[nH]3)cc2Cl)CCN1C1CCN(C(=O)c2ccc(Cl)cc2)CC1. The highest BCUT2D eigenvalue weighted by Crippen LogP contribution is 2.34. The molecule has 0 radical (unpaired) electrons. The van der Waals surface area contributed by atoms with Gasteiger partial charge in [0.05, 0.1) is 16.9 Å². The number of rotatable bonds is 6. The average Bonchev–Trinajstić information content (AvgIpc) is 3.46. The van der Waals surface area contributed by atoms with Gasteiger partial charge in [-0.15, -0.1) is 0 Å². The molecule has 2 fully saturated rings. The predicted octanol–water partition coefficient (Wildman–Crippen LogP) is 5.58. The van der Waals surface area contributed by atoms with Crippen LogP contribution in [-0.2, 0) is 0 Å². The highest BCUT2D eigenvalue weighted by Gasteiger charge is 2.41. The Morgan fingerprint density at radius 2 is 1.80 bits per heavy atom. The molecule has 41 heavy (non-hydrogen) atoms. The summed E-state index contributed by atoms with van der Waals surface area (Å²) in [5, 5.41) is 10.4. The van der Waals surface area contributed by atoms with E-state index in [-0.39, 0.29) is 17.6 Å². The van der Waals surface area contributed by atoms with Crippen LogP contribution in [0.3, 0.4) is 0 Å². The zero-order valence-corrected chi connectivity index (χ0v) is 23.9. The quantitative estimate of drug-likeness (QED) is 0.379. The van der Waals surface area contributed by atoms with Crippen LogP contribution in [0.5, 0.6) is 0 Å². The maximum atomic E-state index is 12.9. The van der Waals surface area contributed by atoms with Gasteiger partial charge in [0.15, 0.2) is 0 Å². The van der Waals surface area contributed by atoms with Crippen molar-refractivity contribution in [1.82, 2.24) is 24.8 Å². The molecule has 1 unspecified atom stereocenters. The molecule has 1 aromatic carbocycles. The van der Waals surface area contributed by atoms with E-state index in [1.165, 1.54) is 6.20 Å². The first-order valence-corrected chi connectivity index (χ1v) is 14.3. The number of benzene rings is 1. The number of aliphatic hydroxyl groups is 1. The first kappa shape index (κ1) is 29.6. The van der Waals surface area contributed by atoms with Crippen molar-refractivity contribution in [2.45, 2.75) is 50.6 Å². The number of aliphatic hydroxyl groups excluding tert-OH is 1. The third kappa shape index (κ3) is 6.48. The molecule has 0 bridgehead atoms. The van der Waals surface area contributed by atoms with E-state index in [1.807, 2.05) is 4.90 Å². The number of H-pyrrole nitrogens is 1. The average molecular weight is 611 g/mol. The Morgan fingerprint density at radius 3 is 2.44 bits per heavy atom. The molecular formula is C28H31Cl2F3N6O2. The third-order valence-corrected chi connectivity index (χ3v) is 8.44. The van der Waals surface area contributed by atoms with Crippen LogP contribution in [0.25, 0.3) is 11.3 Å².